The number of hydrogen-bond donors (Lipinski definition) is 1. The summed E-state index contributed by atoms with van der Waals surface area (Å²) in [4.78, 5) is 22.6. The van der Waals surface area contributed by atoms with E-state index < -0.39 is 21.0 Å². The Bertz CT molecular complexity index is 892. The van der Waals surface area contributed by atoms with E-state index in [2.05, 4.69) is 5.32 Å². The van der Waals surface area contributed by atoms with Crippen LogP contribution in [0.1, 0.15) is 24.3 Å². The summed E-state index contributed by atoms with van der Waals surface area (Å²) in [7, 11) is -4.77. The first-order valence-electron chi connectivity index (χ1n) is 6.67. The maximum Gasteiger partial charge on any atom is 0.332 e. The predicted octanol–water partition coefficient (Wildman–Crippen LogP) is 2.02. The van der Waals surface area contributed by atoms with Gasteiger partial charge in [0.05, 0.1) is 10.8 Å². The Hall–Kier alpha value is -2.28. The van der Waals surface area contributed by atoms with Crippen molar-refractivity contribution in [2.24, 2.45) is 0 Å². The molecule has 0 aromatic heterocycles. The van der Waals surface area contributed by atoms with Gasteiger partial charge in [0.2, 0.25) is 11.8 Å². The third-order valence-electron chi connectivity index (χ3n) is 3.76. The summed E-state index contributed by atoms with van der Waals surface area (Å²) in [6.45, 7) is 0. The minimum atomic E-state index is -4.77. The molecule has 1 fully saturated rings. The van der Waals surface area contributed by atoms with Crippen molar-refractivity contribution in [1.29, 1.82) is 0 Å². The zero-order valence-electron chi connectivity index (χ0n) is 11.4. The Kier molecular flexibility index (Phi) is 3.44. The van der Waals surface area contributed by atoms with Gasteiger partial charge in [-0.3, -0.25) is 14.9 Å². The van der Waals surface area contributed by atoms with Crippen molar-refractivity contribution < 1.29 is 21.9 Å². The molecule has 0 saturated carbocycles. The molecule has 2 aromatic carbocycles. The van der Waals surface area contributed by atoms with Crippen molar-refractivity contribution >= 4 is 32.8 Å². The molecule has 1 atom stereocenters. The average Bonchev–Trinajstić information content (AvgIpc) is 2.45. The molecule has 0 bridgehead atoms. The van der Waals surface area contributed by atoms with Crippen molar-refractivity contribution in [2.75, 3.05) is 0 Å². The molecule has 1 unspecified atom stereocenters. The third-order valence-corrected chi connectivity index (χ3v) is 4.58. The number of carbonyl (C=O) groups excluding carboxylic acids is 2. The van der Waals surface area contributed by atoms with Crippen LogP contribution >= 0.6 is 0 Å². The Balaban J connectivity index is 2.05. The molecule has 3 rings (SSSR count). The molecule has 7 heteroatoms. The van der Waals surface area contributed by atoms with E-state index in [4.69, 9.17) is 0 Å². The summed E-state index contributed by atoms with van der Waals surface area (Å²) >= 11 is 0. The normalized spacial score (nSPS) is 19.2. The van der Waals surface area contributed by atoms with Crippen molar-refractivity contribution in [2.45, 2.75) is 23.7 Å². The Morgan fingerprint density at radius 1 is 1.05 bits per heavy atom. The summed E-state index contributed by atoms with van der Waals surface area (Å²) in [5.41, 5.74) is 0.672. The van der Waals surface area contributed by atoms with Gasteiger partial charge in [-0.25, -0.2) is 0 Å². The highest BCUT2D eigenvalue weighted by molar-refractivity contribution is 7.86. The Morgan fingerprint density at radius 2 is 1.77 bits per heavy atom. The fraction of sp³-hybridized carbons (Fsp3) is 0.200. The number of piperidine rings is 1. The van der Waals surface area contributed by atoms with Gasteiger partial charge in [0.15, 0.2) is 0 Å². The molecule has 0 spiro atoms. The summed E-state index contributed by atoms with van der Waals surface area (Å²) < 4.78 is 35.0. The number of benzene rings is 2. The molecule has 5 nitrogen and oxygen atoms in total. The number of halogens is 1. The van der Waals surface area contributed by atoms with Crippen molar-refractivity contribution in [1.82, 2.24) is 5.32 Å². The molecule has 0 radical (unpaired) electrons. The van der Waals surface area contributed by atoms with Gasteiger partial charge in [-0.15, -0.1) is 3.89 Å². The lowest BCUT2D eigenvalue weighted by molar-refractivity contribution is -0.134. The highest BCUT2D eigenvalue weighted by Gasteiger charge is 2.28. The molecule has 22 heavy (non-hydrogen) atoms. The molecule has 1 heterocycles. The number of imide groups is 1. The average molecular weight is 321 g/mol. The number of hydrogen-bond acceptors (Lipinski definition) is 4. The van der Waals surface area contributed by atoms with Crippen LogP contribution in [0.3, 0.4) is 0 Å². The molecular weight excluding hydrogens is 309 g/mol. The highest BCUT2D eigenvalue weighted by Crippen LogP contribution is 2.29. The van der Waals surface area contributed by atoms with Gasteiger partial charge in [-0.2, -0.15) is 8.42 Å². The fourth-order valence-corrected chi connectivity index (χ4v) is 3.12. The van der Waals surface area contributed by atoms with Gasteiger partial charge in [0.1, 0.15) is 0 Å². The van der Waals surface area contributed by atoms with Crippen LogP contribution in [0, 0.1) is 0 Å². The monoisotopic (exact) mass is 321 g/mol. The van der Waals surface area contributed by atoms with Crippen LogP contribution < -0.4 is 5.32 Å². The molecule has 1 aliphatic rings. The van der Waals surface area contributed by atoms with E-state index >= 15 is 0 Å². The summed E-state index contributed by atoms with van der Waals surface area (Å²) in [5, 5.41) is 3.55. The van der Waals surface area contributed by atoms with Gasteiger partial charge in [0, 0.05) is 6.42 Å². The van der Waals surface area contributed by atoms with Gasteiger partial charge in [-0.1, -0.05) is 24.3 Å². The quantitative estimate of drug-likeness (QED) is 0.678. The Morgan fingerprint density at radius 3 is 2.45 bits per heavy atom. The molecule has 2 amide bonds. The molecule has 1 N–H and O–H groups in total. The maximum atomic E-state index is 13.1. The van der Waals surface area contributed by atoms with Crippen LogP contribution in [0.2, 0.25) is 0 Å². The lowest BCUT2D eigenvalue weighted by Gasteiger charge is -2.21. The summed E-state index contributed by atoms with van der Waals surface area (Å²) in [5.74, 6) is -1.13. The first-order chi connectivity index (χ1) is 10.3. The van der Waals surface area contributed by atoms with Crippen molar-refractivity contribution in [3.05, 3.63) is 42.0 Å². The number of rotatable bonds is 2. The van der Waals surface area contributed by atoms with E-state index in [1.807, 2.05) is 0 Å². The lowest BCUT2D eigenvalue weighted by atomic mass is 9.89. The third kappa shape index (κ3) is 2.71. The summed E-state index contributed by atoms with van der Waals surface area (Å²) in [6, 6.07) is 9.10. The SMILES string of the molecule is O=C1CCC(c2ccc3ccc(S(=O)(=O)F)cc3c2)C(=O)N1. The molecule has 114 valence electrons. The smallest absolute Gasteiger partial charge is 0.296 e. The van der Waals surface area contributed by atoms with E-state index in [-0.39, 0.29) is 18.2 Å². The number of nitrogens with one attached hydrogen (secondary N) is 1. The van der Waals surface area contributed by atoms with Crippen molar-refractivity contribution in [3.8, 4) is 0 Å². The maximum absolute atomic E-state index is 13.1. The second-order valence-corrected chi connectivity index (χ2v) is 6.56. The first kappa shape index (κ1) is 14.6. The minimum Gasteiger partial charge on any atom is -0.296 e. The fourth-order valence-electron chi connectivity index (χ4n) is 2.62. The lowest BCUT2D eigenvalue weighted by Crippen LogP contribution is -2.39. The van der Waals surface area contributed by atoms with Crippen LogP contribution in [0.15, 0.2) is 41.3 Å². The van der Waals surface area contributed by atoms with E-state index in [9.17, 15) is 21.9 Å². The number of fused-ring (bicyclic) bond motifs is 1. The molecule has 1 saturated heterocycles. The number of amides is 2. The minimum absolute atomic E-state index is 0.257. The molecular formula is C15H12FNO4S. The highest BCUT2D eigenvalue weighted by atomic mass is 32.3. The second-order valence-electron chi connectivity index (χ2n) is 5.21. The first-order valence-corrected chi connectivity index (χ1v) is 8.05. The van der Waals surface area contributed by atoms with E-state index in [1.54, 1.807) is 18.2 Å². The zero-order chi connectivity index (χ0) is 15.9. The van der Waals surface area contributed by atoms with Crippen LogP contribution in [0.4, 0.5) is 3.89 Å². The van der Waals surface area contributed by atoms with Gasteiger partial charge < -0.3 is 0 Å². The largest absolute Gasteiger partial charge is 0.332 e. The molecule has 1 aliphatic heterocycles. The summed E-state index contributed by atoms with van der Waals surface area (Å²) in [6.07, 6.45) is 0.657. The van der Waals surface area contributed by atoms with Gasteiger partial charge in [-0.05, 0) is 34.9 Å². The molecule has 2 aromatic rings. The second kappa shape index (κ2) is 5.17. The van der Waals surface area contributed by atoms with Crippen LogP contribution in [0.5, 0.6) is 0 Å². The van der Waals surface area contributed by atoms with Crippen LogP contribution in [-0.2, 0) is 19.8 Å². The van der Waals surface area contributed by atoms with Gasteiger partial charge >= 0.3 is 10.2 Å². The molecule has 0 aliphatic carbocycles. The van der Waals surface area contributed by atoms with Gasteiger partial charge in [0.25, 0.3) is 0 Å². The van der Waals surface area contributed by atoms with Crippen LogP contribution in [0.25, 0.3) is 10.8 Å². The predicted molar refractivity (Wildman–Crippen MR) is 77.4 cm³/mol. The number of carbonyl (C=O) groups is 2. The van der Waals surface area contributed by atoms with E-state index in [0.717, 1.165) is 5.39 Å². The van der Waals surface area contributed by atoms with E-state index in [1.165, 1.54) is 18.2 Å². The Labute approximate surface area is 126 Å². The zero-order valence-corrected chi connectivity index (χ0v) is 12.2. The van der Waals surface area contributed by atoms with Crippen molar-refractivity contribution in [3.63, 3.8) is 0 Å². The standard InChI is InChI=1S/C15H12FNO4S/c16-22(20,21)12-4-3-9-1-2-10(7-11(9)8-12)13-5-6-14(18)17-15(13)19/h1-4,7-8,13H,5-6H2,(H,17,18,19). The van der Waals surface area contributed by atoms with E-state index in [0.29, 0.717) is 17.4 Å². The van der Waals surface area contributed by atoms with Crippen LogP contribution in [-0.4, -0.2) is 20.2 Å². The topological polar surface area (TPSA) is 80.3 Å².